The summed E-state index contributed by atoms with van der Waals surface area (Å²) in [6, 6.07) is 1.74. The van der Waals surface area contributed by atoms with Crippen LogP contribution in [0.3, 0.4) is 0 Å². The fourth-order valence-electron chi connectivity index (χ4n) is 1.96. The number of amides is 1. The average molecular weight is 267 g/mol. The van der Waals surface area contributed by atoms with Gasteiger partial charge < -0.3 is 10.6 Å². The summed E-state index contributed by atoms with van der Waals surface area (Å²) in [5.74, 6) is 3.69. The van der Waals surface area contributed by atoms with Crippen LogP contribution in [-0.4, -0.2) is 28.1 Å². The number of anilines is 2. The minimum Gasteiger partial charge on any atom is -0.371 e. The Kier molecular flexibility index (Phi) is 2.95. The molecular formula is C14H13N5O. The van der Waals surface area contributed by atoms with Gasteiger partial charge in [0.15, 0.2) is 11.6 Å². The first-order chi connectivity index (χ1) is 9.72. The maximum absolute atomic E-state index is 11.7. The van der Waals surface area contributed by atoms with Crippen molar-refractivity contribution < 1.29 is 4.79 Å². The van der Waals surface area contributed by atoms with Gasteiger partial charge in [0, 0.05) is 24.5 Å². The molecule has 100 valence electrons. The monoisotopic (exact) mass is 267 g/mol. The first kappa shape index (κ1) is 12.4. The molecule has 0 radical (unpaired) electrons. The van der Waals surface area contributed by atoms with E-state index in [4.69, 9.17) is 6.42 Å². The van der Waals surface area contributed by atoms with E-state index in [0.717, 1.165) is 18.2 Å². The Morgan fingerprint density at radius 3 is 2.90 bits per heavy atom. The molecule has 20 heavy (non-hydrogen) atoms. The van der Waals surface area contributed by atoms with Crippen LogP contribution < -0.4 is 10.6 Å². The minimum atomic E-state index is -0.0104. The molecule has 2 aromatic heterocycles. The van der Waals surface area contributed by atoms with Crippen LogP contribution in [0.15, 0.2) is 12.3 Å². The van der Waals surface area contributed by atoms with Crippen molar-refractivity contribution in [2.45, 2.75) is 12.8 Å². The second-order valence-corrected chi connectivity index (χ2v) is 4.67. The summed E-state index contributed by atoms with van der Waals surface area (Å²) in [5, 5.41) is 14.6. The third-order valence-corrected chi connectivity index (χ3v) is 3.22. The van der Waals surface area contributed by atoms with Gasteiger partial charge in [-0.25, -0.2) is 4.98 Å². The number of pyridine rings is 1. The summed E-state index contributed by atoms with van der Waals surface area (Å²) in [7, 11) is 1.75. The highest BCUT2D eigenvalue weighted by Crippen LogP contribution is 2.30. The SMILES string of the molecule is C#Cc1cnc(NC)c2nnc(NC(=O)C3CC3)cc12. The van der Waals surface area contributed by atoms with Crippen LogP contribution in [0.1, 0.15) is 18.4 Å². The molecule has 1 fully saturated rings. The molecule has 1 amide bonds. The normalized spacial score (nSPS) is 13.8. The second kappa shape index (κ2) is 4.78. The lowest BCUT2D eigenvalue weighted by Gasteiger charge is -2.08. The van der Waals surface area contributed by atoms with Gasteiger partial charge in [0.2, 0.25) is 5.91 Å². The first-order valence-corrected chi connectivity index (χ1v) is 6.34. The van der Waals surface area contributed by atoms with Crippen molar-refractivity contribution in [2.75, 3.05) is 17.7 Å². The van der Waals surface area contributed by atoms with Crippen molar-refractivity contribution in [3.63, 3.8) is 0 Å². The van der Waals surface area contributed by atoms with Gasteiger partial charge in [-0.2, -0.15) is 0 Å². The van der Waals surface area contributed by atoms with Crippen molar-refractivity contribution in [3.05, 3.63) is 17.8 Å². The number of carbonyl (C=O) groups is 1. The maximum atomic E-state index is 11.7. The van der Waals surface area contributed by atoms with Gasteiger partial charge in [0.25, 0.3) is 0 Å². The largest absolute Gasteiger partial charge is 0.371 e. The van der Waals surface area contributed by atoms with Crippen LogP contribution in [0.25, 0.3) is 10.9 Å². The summed E-state index contributed by atoms with van der Waals surface area (Å²) >= 11 is 0. The van der Waals surface area contributed by atoms with Crippen LogP contribution in [0, 0.1) is 18.3 Å². The number of hydrogen-bond donors (Lipinski definition) is 2. The van der Waals surface area contributed by atoms with E-state index in [1.165, 1.54) is 0 Å². The minimum absolute atomic E-state index is 0.0104. The average Bonchev–Trinajstić information content (AvgIpc) is 3.30. The predicted molar refractivity (Wildman–Crippen MR) is 76.2 cm³/mol. The summed E-state index contributed by atoms with van der Waals surface area (Å²) < 4.78 is 0. The highest BCUT2D eigenvalue weighted by atomic mass is 16.2. The Labute approximate surface area is 116 Å². The lowest BCUT2D eigenvalue weighted by molar-refractivity contribution is -0.117. The number of nitrogens with zero attached hydrogens (tertiary/aromatic N) is 3. The summed E-state index contributed by atoms with van der Waals surface area (Å²) in [4.78, 5) is 15.9. The van der Waals surface area contributed by atoms with Crippen LogP contribution >= 0.6 is 0 Å². The molecule has 1 aliphatic carbocycles. The van der Waals surface area contributed by atoms with Crippen LogP contribution in [0.2, 0.25) is 0 Å². The van der Waals surface area contributed by atoms with Gasteiger partial charge >= 0.3 is 0 Å². The fraction of sp³-hybridized carbons (Fsp3) is 0.286. The van der Waals surface area contributed by atoms with E-state index in [2.05, 4.69) is 31.7 Å². The number of carbonyl (C=O) groups excluding carboxylic acids is 1. The highest BCUT2D eigenvalue weighted by molar-refractivity contribution is 5.97. The summed E-state index contributed by atoms with van der Waals surface area (Å²) in [6.45, 7) is 0. The highest BCUT2D eigenvalue weighted by Gasteiger charge is 2.29. The van der Waals surface area contributed by atoms with Crippen LogP contribution in [-0.2, 0) is 4.79 Å². The van der Waals surface area contributed by atoms with E-state index in [-0.39, 0.29) is 11.8 Å². The molecule has 2 aromatic rings. The Balaban J connectivity index is 2.04. The van der Waals surface area contributed by atoms with Crippen molar-refractivity contribution in [1.82, 2.24) is 15.2 Å². The fourth-order valence-corrected chi connectivity index (χ4v) is 1.96. The number of hydrogen-bond acceptors (Lipinski definition) is 5. The third-order valence-electron chi connectivity index (χ3n) is 3.22. The molecule has 2 N–H and O–H groups in total. The third kappa shape index (κ3) is 2.14. The van der Waals surface area contributed by atoms with Gasteiger partial charge in [-0.1, -0.05) is 5.92 Å². The van der Waals surface area contributed by atoms with Crippen LogP contribution in [0.5, 0.6) is 0 Å². The van der Waals surface area contributed by atoms with Crippen molar-refractivity contribution in [3.8, 4) is 12.3 Å². The van der Waals surface area contributed by atoms with Gasteiger partial charge in [-0.3, -0.25) is 4.79 Å². The van der Waals surface area contributed by atoms with Gasteiger partial charge in [0.1, 0.15) is 5.52 Å². The van der Waals surface area contributed by atoms with E-state index in [0.29, 0.717) is 22.7 Å². The van der Waals surface area contributed by atoms with Crippen molar-refractivity contribution in [2.24, 2.45) is 5.92 Å². The lowest BCUT2D eigenvalue weighted by Crippen LogP contribution is -2.15. The predicted octanol–water partition coefficient (Wildman–Crippen LogP) is 1.40. The Hall–Kier alpha value is -2.68. The molecule has 6 nitrogen and oxygen atoms in total. The molecule has 0 unspecified atom stereocenters. The van der Waals surface area contributed by atoms with Gasteiger partial charge in [0.05, 0.1) is 5.56 Å². The van der Waals surface area contributed by atoms with Gasteiger partial charge in [-0.05, 0) is 18.9 Å². The van der Waals surface area contributed by atoms with E-state index in [1.807, 2.05) is 0 Å². The second-order valence-electron chi connectivity index (χ2n) is 4.67. The van der Waals surface area contributed by atoms with Crippen LogP contribution in [0.4, 0.5) is 11.6 Å². The molecule has 0 atom stereocenters. The molecule has 1 saturated carbocycles. The number of nitrogens with one attached hydrogen (secondary N) is 2. The van der Waals surface area contributed by atoms with E-state index in [1.54, 1.807) is 19.3 Å². The quantitative estimate of drug-likeness (QED) is 0.822. The molecule has 0 bridgehead atoms. The molecule has 0 aliphatic heterocycles. The molecule has 0 aromatic carbocycles. The van der Waals surface area contributed by atoms with Crippen molar-refractivity contribution >= 4 is 28.4 Å². The molecule has 3 rings (SSSR count). The zero-order valence-corrected chi connectivity index (χ0v) is 11.0. The maximum Gasteiger partial charge on any atom is 0.228 e. The molecule has 2 heterocycles. The van der Waals surface area contributed by atoms with E-state index >= 15 is 0 Å². The summed E-state index contributed by atoms with van der Waals surface area (Å²) in [5.41, 5.74) is 1.21. The molecule has 1 aliphatic rings. The topological polar surface area (TPSA) is 79.8 Å². The van der Waals surface area contributed by atoms with Crippen molar-refractivity contribution in [1.29, 1.82) is 0 Å². The zero-order valence-electron chi connectivity index (χ0n) is 11.0. The number of rotatable bonds is 3. The Morgan fingerprint density at radius 1 is 1.45 bits per heavy atom. The number of terminal acetylenes is 1. The van der Waals surface area contributed by atoms with Gasteiger partial charge in [-0.15, -0.1) is 16.6 Å². The molecule has 0 saturated heterocycles. The molecular weight excluding hydrogens is 254 g/mol. The molecule has 6 heteroatoms. The Bertz CT molecular complexity index is 730. The number of fused-ring (bicyclic) bond motifs is 1. The van der Waals surface area contributed by atoms with E-state index < -0.39 is 0 Å². The van der Waals surface area contributed by atoms with E-state index in [9.17, 15) is 4.79 Å². The lowest BCUT2D eigenvalue weighted by atomic mass is 10.1. The zero-order chi connectivity index (χ0) is 14.1. The molecule has 0 spiro atoms. The Morgan fingerprint density at radius 2 is 2.25 bits per heavy atom. The smallest absolute Gasteiger partial charge is 0.228 e. The standard InChI is InChI=1S/C14H13N5O/c1-3-8-7-16-13(15-2)12-10(8)6-11(18-19-12)17-14(20)9-4-5-9/h1,6-7,9H,4-5H2,2H3,(H,15,16)(H,17,18,20). The first-order valence-electron chi connectivity index (χ1n) is 6.34. The summed E-state index contributed by atoms with van der Waals surface area (Å²) in [6.07, 6.45) is 8.95. The number of aromatic nitrogens is 3.